The number of ether oxygens (including phenoxy) is 1. The van der Waals surface area contributed by atoms with E-state index in [4.69, 9.17) is 9.73 Å². The molecule has 5 nitrogen and oxygen atoms in total. The molecular formula is C18H30N4OS. The summed E-state index contributed by atoms with van der Waals surface area (Å²) in [7, 11) is 0. The van der Waals surface area contributed by atoms with Gasteiger partial charge in [-0.3, -0.25) is 4.99 Å². The van der Waals surface area contributed by atoms with Crippen LogP contribution in [0, 0.1) is 0 Å². The summed E-state index contributed by atoms with van der Waals surface area (Å²) >= 11 is 1.83. The lowest BCUT2D eigenvalue weighted by Crippen LogP contribution is -2.48. The summed E-state index contributed by atoms with van der Waals surface area (Å²) in [5.41, 5.74) is 0. The second-order valence-electron chi connectivity index (χ2n) is 6.54. The first-order chi connectivity index (χ1) is 11.8. The molecule has 2 aliphatic heterocycles. The second kappa shape index (κ2) is 9.28. The van der Waals surface area contributed by atoms with Gasteiger partial charge in [0.05, 0.1) is 11.1 Å². The Morgan fingerprint density at radius 3 is 2.92 bits per heavy atom. The third-order valence-corrected chi connectivity index (χ3v) is 5.67. The molecule has 6 heteroatoms. The molecule has 0 saturated carbocycles. The molecule has 3 heterocycles. The SMILES string of the molecule is CCNC(=NCCC1CCCO1)NC1CCN(c2cccs2)CC1. The van der Waals surface area contributed by atoms with Crippen molar-refractivity contribution < 1.29 is 4.74 Å². The summed E-state index contributed by atoms with van der Waals surface area (Å²) < 4.78 is 5.68. The lowest BCUT2D eigenvalue weighted by Gasteiger charge is -2.33. The summed E-state index contributed by atoms with van der Waals surface area (Å²) in [6, 6.07) is 4.87. The van der Waals surface area contributed by atoms with Crippen molar-refractivity contribution in [3.63, 3.8) is 0 Å². The first-order valence-electron chi connectivity index (χ1n) is 9.30. The predicted octanol–water partition coefficient (Wildman–Crippen LogP) is 2.84. The maximum Gasteiger partial charge on any atom is 0.191 e. The van der Waals surface area contributed by atoms with Gasteiger partial charge in [0.2, 0.25) is 0 Å². The molecule has 1 unspecified atom stereocenters. The van der Waals surface area contributed by atoms with Crippen LogP contribution < -0.4 is 15.5 Å². The molecule has 0 spiro atoms. The summed E-state index contributed by atoms with van der Waals surface area (Å²) in [4.78, 5) is 7.23. The monoisotopic (exact) mass is 350 g/mol. The van der Waals surface area contributed by atoms with Crippen molar-refractivity contribution in [3.05, 3.63) is 17.5 Å². The van der Waals surface area contributed by atoms with Gasteiger partial charge in [-0.05, 0) is 56.5 Å². The van der Waals surface area contributed by atoms with Gasteiger partial charge in [-0.15, -0.1) is 11.3 Å². The highest BCUT2D eigenvalue weighted by molar-refractivity contribution is 7.14. The van der Waals surface area contributed by atoms with Gasteiger partial charge in [-0.2, -0.15) is 0 Å². The molecule has 3 rings (SSSR count). The highest BCUT2D eigenvalue weighted by Crippen LogP contribution is 2.24. The molecule has 0 amide bonds. The number of hydrogen-bond acceptors (Lipinski definition) is 4. The first-order valence-corrected chi connectivity index (χ1v) is 10.2. The van der Waals surface area contributed by atoms with E-state index in [1.165, 1.54) is 17.8 Å². The average molecular weight is 351 g/mol. The minimum atomic E-state index is 0.422. The van der Waals surface area contributed by atoms with Gasteiger partial charge in [0.25, 0.3) is 0 Å². The largest absolute Gasteiger partial charge is 0.378 e. The molecule has 0 aromatic carbocycles. The topological polar surface area (TPSA) is 48.9 Å². The highest BCUT2D eigenvalue weighted by Gasteiger charge is 2.21. The normalized spacial score (nSPS) is 22.8. The van der Waals surface area contributed by atoms with Crippen LogP contribution in [-0.4, -0.2) is 50.9 Å². The molecule has 2 fully saturated rings. The third-order valence-electron chi connectivity index (χ3n) is 4.74. The van der Waals surface area contributed by atoms with Crippen molar-refractivity contribution in [1.82, 2.24) is 10.6 Å². The number of piperidine rings is 1. The van der Waals surface area contributed by atoms with Crippen molar-refractivity contribution in [3.8, 4) is 0 Å². The Balaban J connectivity index is 1.43. The zero-order valence-corrected chi connectivity index (χ0v) is 15.5. The number of nitrogens with one attached hydrogen (secondary N) is 2. The Morgan fingerprint density at radius 2 is 2.25 bits per heavy atom. The zero-order valence-electron chi connectivity index (χ0n) is 14.7. The van der Waals surface area contributed by atoms with E-state index in [1.807, 2.05) is 11.3 Å². The van der Waals surface area contributed by atoms with Crippen LogP contribution in [0.3, 0.4) is 0 Å². The molecule has 24 heavy (non-hydrogen) atoms. The summed E-state index contributed by atoms with van der Waals surface area (Å²) in [6.07, 6.45) is 6.18. The van der Waals surface area contributed by atoms with Crippen LogP contribution in [0.4, 0.5) is 5.00 Å². The van der Waals surface area contributed by atoms with E-state index >= 15 is 0 Å². The minimum Gasteiger partial charge on any atom is -0.378 e. The maximum absolute atomic E-state index is 5.68. The van der Waals surface area contributed by atoms with E-state index in [9.17, 15) is 0 Å². The van der Waals surface area contributed by atoms with E-state index in [0.717, 1.165) is 58.0 Å². The zero-order chi connectivity index (χ0) is 16.6. The molecule has 0 radical (unpaired) electrons. The van der Waals surface area contributed by atoms with Crippen molar-refractivity contribution >= 4 is 22.3 Å². The fourth-order valence-corrected chi connectivity index (χ4v) is 4.19. The molecular weight excluding hydrogens is 320 g/mol. The molecule has 0 bridgehead atoms. The van der Waals surface area contributed by atoms with Crippen LogP contribution in [0.25, 0.3) is 0 Å². The van der Waals surface area contributed by atoms with Gasteiger partial charge in [-0.25, -0.2) is 0 Å². The molecule has 2 saturated heterocycles. The molecule has 1 atom stereocenters. The predicted molar refractivity (Wildman–Crippen MR) is 102 cm³/mol. The summed E-state index contributed by atoms with van der Waals surface area (Å²) in [5, 5.41) is 10.6. The average Bonchev–Trinajstić information content (AvgIpc) is 3.29. The van der Waals surface area contributed by atoms with E-state index in [1.54, 1.807) is 0 Å². The van der Waals surface area contributed by atoms with Crippen molar-refractivity contribution in [2.75, 3.05) is 37.7 Å². The van der Waals surface area contributed by atoms with Crippen LogP contribution in [0.1, 0.15) is 39.0 Å². The second-order valence-corrected chi connectivity index (χ2v) is 7.47. The lowest BCUT2D eigenvalue weighted by molar-refractivity contribution is 0.106. The fraction of sp³-hybridized carbons (Fsp3) is 0.722. The summed E-state index contributed by atoms with van der Waals surface area (Å²) in [6.45, 7) is 7.03. The maximum atomic E-state index is 5.68. The Labute approximate surface area is 149 Å². The molecule has 1 aromatic heterocycles. The van der Waals surface area contributed by atoms with E-state index in [-0.39, 0.29) is 0 Å². The van der Waals surface area contributed by atoms with Gasteiger partial charge < -0.3 is 20.3 Å². The Bertz CT molecular complexity index is 491. The van der Waals surface area contributed by atoms with Crippen LogP contribution >= 0.6 is 11.3 Å². The fourth-order valence-electron chi connectivity index (χ4n) is 3.40. The van der Waals surface area contributed by atoms with Gasteiger partial charge in [-0.1, -0.05) is 0 Å². The van der Waals surface area contributed by atoms with Crippen LogP contribution in [-0.2, 0) is 4.74 Å². The van der Waals surface area contributed by atoms with Crippen molar-refractivity contribution in [2.45, 2.75) is 51.2 Å². The Morgan fingerprint density at radius 1 is 1.38 bits per heavy atom. The Hall–Kier alpha value is -1.27. The van der Waals surface area contributed by atoms with Gasteiger partial charge in [0.1, 0.15) is 0 Å². The van der Waals surface area contributed by atoms with Crippen molar-refractivity contribution in [2.24, 2.45) is 4.99 Å². The number of thiophene rings is 1. The number of aliphatic imine (C=N–C) groups is 1. The lowest BCUT2D eigenvalue weighted by atomic mass is 10.1. The molecule has 2 aliphatic rings. The van der Waals surface area contributed by atoms with Crippen LogP contribution in [0.15, 0.2) is 22.5 Å². The van der Waals surface area contributed by atoms with Crippen LogP contribution in [0.2, 0.25) is 0 Å². The highest BCUT2D eigenvalue weighted by atomic mass is 32.1. The minimum absolute atomic E-state index is 0.422. The number of nitrogens with zero attached hydrogens (tertiary/aromatic N) is 2. The number of anilines is 1. The van der Waals surface area contributed by atoms with E-state index in [0.29, 0.717) is 12.1 Å². The first kappa shape index (κ1) is 17.5. The third kappa shape index (κ3) is 5.11. The van der Waals surface area contributed by atoms with Gasteiger partial charge in [0.15, 0.2) is 5.96 Å². The smallest absolute Gasteiger partial charge is 0.191 e. The molecule has 134 valence electrons. The van der Waals surface area contributed by atoms with E-state index in [2.05, 4.69) is 40.0 Å². The quantitative estimate of drug-likeness (QED) is 0.612. The van der Waals surface area contributed by atoms with Crippen molar-refractivity contribution in [1.29, 1.82) is 0 Å². The summed E-state index contributed by atoms with van der Waals surface area (Å²) in [5.74, 6) is 0.963. The molecule has 0 aliphatic carbocycles. The van der Waals surface area contributed by atoms with E-state index < -0.39 is 0 Å². The molecule has 1 aromatic rings. The standard InChI is InChI=1S/C18H30N4OS/c1-2-19-18(20-10-7-16-5-3-13-23-16)21-15-8-11-22(12-9-15)17-6-4-14-24-17/h4,6,14-16H,2-3,5,7-13H2,1H3,(H2,19,20,21). The molecule has 2 N–H and O–H groups in total. The Kier molecular flexibility index (Phi) is 6.78. The van der Waals surface area contributed by atoms with Gasteiger partial charge >= 0.3 is 0 Å². The number of rotatable bonds is 6. The number of hydrogen-bond donors (Lipinski definition) is 2. The van der Waals surface area contributed by atoms with Gasteiger partial charge in [0, 0.05) is 38.8 Å². The number of guanidine groups is 1. The van der Waals surface area contributed by atoms with Crippen LogP contribution in [0.5, 0.6) is 0 Å².